The molecule has 0 radical (unpaired) electrons. The van der Waals surface area contributed by atoms with Crippen molar-refractivity contribution in [3.8, 4) is 0 Å². The zero-order valence-electron chi connectivity index (χ0n) is 13.8. The highest BCUT2D eigenvalue weighted by Gasteiger charge is 2.26. The van der Waals surface area contributed by atoms with Gasteiger partial charge in [-0.2, -0.15) is 0 Å². The summed E-state index contributed by atoms with van der Waals surface area (Å²) in [7, 11) is 0. The fourth-order valence-electron chi connectivity index (χ4n) is 2.74. The molecule has 0 bridgehead atoms. The number of pyridine rings is 1. The molecule has 0 saturated carbocycles. The molecule has 1 N–H and O–H groups in total. The number of aromatic nitrogens is 1. The summed E-state index contributed by atoms with van der Waals surface area (Å²) in [5, 5.41) is 2.92. The van der Waals surface area contributed by atoms with Crippen molar-refractivity contribution in [1.82, 2.24) is 15.2 Å². The average molecular weight is 347 g/mol. The third-order valence-electron chi connectivity index (χ3n) is 4.19. The van der Waals surface area contributed by atoms with E-state index in [2.05, 4.69) is 10.3 Å². The van der Waals surface area contributed by atoms with Gasteiger partial charge in [0.05, 0.1) is 19.2 Å². The van der Waals surface area contributed by atoms with Crippen molar-refractivity contribution in [1.29, 1.82) is 0 Å². The van der Waals surface area contributed by atoms with Gasteiger partial charge in [-0.05, 0) is 36.2 Å². The Hall–Kier alpha value is -2.54. The molecule has 5 nitrogen and oxygen atoms in total. The second-order valence-corrected chi connectivity index (χ2v) is 5.94. The maximum atomic E-state index is 13.4. The van der Waals surface area contributed by atoms with Crippen molar-refractivity contribution in [2.45, 2.75) is 19.1 Å². The summed E-state index contributed by atoms with van der Waals surface area (Å²) in [6.07, 6.45) is 2.89. The lowest BCUT2D eigenvalue weighted by Gasteiger charge is -2.34. The summed E-state index contributed by atoms with van der Waals surface area (Å²) in [6.45, 7) is 2.92. The number of rotatable bonds is 3. The van der Waals surface area contributed by atoms with E-state index in [0.29, 0.717) is 18.7 Å². The Labute approximate surface area is 144 Å². The molecule has 1 saturated heterocycles. The van der Waals surface area contributed by atoms with Crippen LogP contribution in [-0.2, 0) is 4.74 Å². The molecule has 1 aromatic carbocycles. The molecule has 2 heterocycles. The second-order valence-electron chi connectivity index (χ2n) is 5.94. The number of nitrogens with one attached hydrogen (secondary N) is 1. The molecule has 1 aliphatic heterocycles. The van der Waals surface area contributed by atoms with Gasteiger partial charge in [-0.25, -0.2) is 13.6 Å². The molecular weight excluding hydrogens is 328 g/mol. The number of hydrogen-bond acceptors (Lipinski definition) is 3. The molecule has 1 fully saturated rings. The van der Waals surface area contributed by atoms with E-state index >= 15 is 0 Å². The number of urea groups is 1. The van der Waals surface area contributed by atoms with Crippen LogP contribution >= 0.6 is 0 Å². The minimum absolute atomic E-state index is 0.189. The topological polar surface area (TPSA) is 54.5 Å². The minimum Gasteiger partial charge on any atom is -0.370 e. The lowest BCUT2D eigenvalue weighted by molar-refractivity contribution is -0.0159. The van der Waals surface area contributed by atoms with Gasteiger partial charge in [0.15, 0.2) is 11.6 Å². The number of amides is 2. The summed E-state index contributed by atoms with van der Waals surface area (Å²) in [6, 6.07) is 6.94. The van der Waals surface area contributed by atoms with Crippen molar-refractivity contribution < 1.29 is 18.3 Å². The van der Waals surface area contributed by atoms with E-state index in [9.17, 15) is 13.6 Å². The van der Waals surface area contributed by atoms with Gasteiger partial charge in [0.2, 0.25) is 0 Å². The van der Waals surface area contributed by atoms with E-state index in [0.717, 1.165) is 17.7 Å². The quantitative estimate of drug-likeness (QED) is 0.928. The van der Waals surface area contributed by atoms with Crippen molar-refractivity contribution in [3.05, 3.63) is 65.5 Å². The molecule has 3 rings (SSSR count). The zero-order chi connectivity index (χ0) is 17.8. The van der Waals surface area contributed by atoms with Crippen molar-refractivity contribution in [2.75, 3.05) is 19.7 Å². The van der Waals surface area contributed by atoms with Crippen LogP contribution in [0.2, 0.25) is 0 Å². The summed E-state index contributed by atoms with van der Waals surface area (Å²) in [5.41, 5.74) is 1.41. The van der Waals surface area contributed by atoms with Gasteiger partial charge in [0.1, 0.15) is 6.10 Å². The first-order valence-corrected chi connectivity index (χ1v) is 8.06. The molecule has 0 spiro atoms. The number of hydrogen-bond donors (Lipinski definition) is 1. The van der Waals surface area contributed by atoms with E-state index in [1.807, 2.05) is 19.1 Å². The fraction of sp³-hybridized carbons (Fsp3) is 0.333. The maximum absolute atomic E-state index is 13.4. The maximum Gasteiger partial charge on any atom is 0.318 e. The van der Waals surface area contributed by atoms with E-state index in [1.54, 1.807) is 17.3 Å². The summed E-state index contributed by atoms with van der Waals surface area (Å²) in [4.78, 5) is 18.1. The van der Waals surface area contributed by atoms with Gasteiger partial charge in [-0.15, -0.1) is 0 Å². The molecule has 2 unspecified atom stereocenters. The van der Waals surface area contributed by atoms with E-state index in [1.165, 1.54) is 6.07 Å². The highest BCUT2D eigenvalue weighted by molar-refractivity contribution is 5.74. The summed E-state index contributed by atoms with van der Waals surface area (Å²) < 4.78 is 32.1. The highest BCUT2D eigenvalue weighted by Crippen LogP contribution is 2.24. The molecule has 2 amide bonds. The Bertz CT molecular complexity index is 742. The highest BCUT2D eigenvalue weighted by atomic mass is 19.2. The predicted octanol–water partition coefficient (Wildman–Crippen LogP) is 3.20. The van der Waals surface area contributed by atoms with Gasteiger partial charge >= 0.3 is 6.03 Å². The summed E-state index contributed by atoms with van der Waals surface area (Å²) in [5.74, 6) is -1.83. The van der Waals surface area contributed by atoms with Gasteiger partial charge in [0.25, 0.3) is 0 Å². The van der Waals surface area contributed by atoms with Crippen molar-refractivity contribution >= 4 is 6.03 Å². The molecule has 1 aliphatic rings. The minimum atomic E-state index is -0.923. The molecule has 25 heavy (non-hydrogen) atoms. The SMILES string of the molecule is CC(NC(=O)N1CCOC(c2ccc(F)c(F)c2)C1)c1cccnc1. The van der Waals surface area contributed by atoms with Gasteiger partial charge < -0.3 is 15.0 Å². The van der Waals surface area contributed by atoms with Crippen LogP contribution in [0.25, 0.3) is 0 Å². The first-order valence-electron chi connectivity index (χ1n) is 8.06. The molecule has 132 valence electrons. The van der Waals surface area contributed by atoms with E-state index < -0.39 is 17.7 Å². The van der Waals surface area contributed by atoms with Gasteiger partial charge in [-0.3, -0.25) is 4.98 Å². The van der Waals surface area contributed by atoms with E-state index in [4.69, 9.17) is 4.74 Å². The van der Waals surface area contributed by atoms with Crippen LogP contribution in [0, 0.1) is 11.6 Å². The number of benzene rings is 1. The van der Waals surface area contributed by atoms with Crippen molar-refractivity contribution in [3.63, 3.8) is 0 Å². The predicted molar refractivity (Wildman–Crippen MR) is 87.8 cm³/mol. The Morgan fingerprint density at radius 2 is 2.20 bits per heavy atom. The lowest BCUT2D eigenvalue weighted by atomic mass is 10.1. The normalized spacial score (nSPS) is 18.7. The number of ether oxygens (including phenoxy) is 1. The fourth-order valence-corrected chi connectivity index (χ4v) is 2.74. The zero-order valence-corrected chi connectivity index (χ0v) is 13.8. The van der Waals surface area contributed by atoms with Gasteiger partial charge in [-0.1, -0.05) is 12.1 Å². The van der Waals surface area contributed by atoms with Crippen LogP contribution in [0.5, 0.6) is 0 Å². The Balaban J connectivity index is 1.64. The van der Waals surface area contributed by atoms with E-state index in [-0.39, 0.29) is 18.6 Å². The summed E-state index contributed by atoms with van der Waals surface area (Å²) >= 11 is 0. The molecular formula is C18H19F2N3O2. The monoisotopic (exact) mass is 347 g/mol. The number of carbonyl (C=O) groups excluding carboxylic acids is 1. The third kappa shape index (κ3) is 4.11. The first kappa shape index (κ1) is 17.3. The third-order valence-corrected chi connectivity index (χ3v) is 4.19. The number of halogens is 2. The second kappa shape index (κ2) is 7.57. The molecule has 1 aromatic heterocycles. The first-order chi connectivity index (χ1) is 12.0. The van der Waals surface area contributed by atoms with Crippen LogP contribution in [0.1, 0.15) is 30.2 Å². The average Bonchev–Trinajstić information content (AvgIpc) is 2.64. The molecule has 2 aromatic rings. The number of carbonyl (C=O) groups is 1. The van der Waals surface area contributed by atoms with Crippen LogP contribution in [0.3, 0.4) is 0 Å². The van der Waals surface area contributed by atoms with Crippen LogP contribution < -0.4 is 5.32 Å². The standard InChI is InChI=1S/C18H19F2N3O2/c1-12(14-3-2-6-21-10-14)22-18(24)23-7-8-25-17(11-23)13-4-5-15(19)16(20)9-13/h2-6,9-10,12,17H,7-8,11H2,1H3,(H,22,24). The van der Waals surface area contributed by atoms with Crippen molar-refractivity contribution in [2.24, 2.45) is 0 Å². The van der Waals surface area contributed by atoms with Crippen LogP contribution in [-0.4, -0.2) is 35.6 Å². The smallest absolute Gasteiger partial charge is 0.318 e. The Morgan fingerprint density at radius 1 is 1.36 bits per heavy atom. The molecule has 7 heteroatoms. The van der Waals surface area contributed by atoms with Gasteiger partial charge in [0, 0.05) is 18.9 Å². The number of nitrogens with zero attached hydrogens (tertiary/aromatic N) is 2. The lowest BCUT2D eigenvalue weighted by Crippen LogP contribution is -2.47. The van der Waals surface area contributed by atoms with Crippen LogP contribution in [0.4, 0.5) is 13.6 Å². The molecule has 2 atom stereocenters. The Kier molecular flexibility index (Phi) is 5.23. The van der Waals surface area contributed by atoms with Crippen LogP contribution in [0.15, 0.2) is 42.7 Å². The number of morpholine rings is 1. The Morgan fingerprint density at radius 3 is 2.92 bits per heavy atom. The molecule has 0 aliphatic carbocycles. The largest absolute Gasteiger partial charge is 0.370 e.